The summed E-state index contributed by atoms with van der Waals surface area (Å²) in [6.07, 6.45) is 34.5. The number of nitrogens with zero attached hydrogens (tertiary/aromatic N) is 4. The van der Waals surface area contributed by atoms with Crippen LogP contribution in [0.2, 0.25) is 0 Å². The van der Waals surface area contributed by atoms with E-state index >= 15 is 0 Å². The Kier molecular flexibility index (Phi) is 33.5. The van der Waals surface area contributed by atoms with Gasteiger partial charge in [-0.25, -0.2) is 9.97 Å². The van der Waals surface area contributed by atoms with Gasteiger partial charge in [0.1, 0.15) is 6.33 Å². The Hall–Kier alpha value is -8.80. The summed E-state index contributed by atoms with van der Waals surface area (Å²) in [4.78, 5) is 18.5. The number of aromatic nitrogens is 5. The van der Waals surface area contributed by atoms with Crippen LogP contribution in [0.15, 0.2) is 274 Å². The van der Waals surface area contributed by atoms with Crippen LogP contribution in [-0.2, 0) is 38.5 Å². The van der Waals surface area contributed by atoms with Gasteiger partial charge in [0.15, 0.2) is 0 Å². The Morgan fingerprint density at radius 3 is 1.44 bits per heavy atom. The van der Waals surface area contributed by atoms with E-state index in [1.165, 1.54) is 98.0 Å². The van der Waals surface area contributed by atoms with Gasteiger partial charge in [-0.05, 0) is 204 Å². The molecule has 5 nitrogen and oxygen atoms in total. The number of allylic oxidation sites excluding steroid dienone is 4. The predicted octanol–water partition coefficient (Wildman–Crippen LogP) is 24.1. The zero-order valence-corrected chi connectivity index (χ0v) is 58.9. The molecule has 0 saturated carbocycles. The van der Waals surface area contributed by atoms with Crippen LogP contribution in [0.4, 0.5) is 0 Å². The molecule has 17 rings (SSSR count). The highest BCUT2D eigenvalue weighted by Crippen LogP contribution is 2.48. The minimum atomic E-state index is 0.631. The largest absolute Gasteiger partial charge is 0.361 e. The van der Waals surface area contributed by atoms with Crippen LogP contribution in [-0.4, -0.2) is 24.9 Å². The summed E-state index contributed by atoms with van der Waals surface area (Å²) in [6, 6.07) is 72.0. The second-order valence-electron chi connectivity index (χ2n) is 24.5. The average Bonchev–Trinajstić information content (AvgIpc) is 1.64. The first kappa shape index (κ1) is 74.2. The number of hydrogen-bond donors (Lipinski definition) is 1. The van der Waals surface area contributed by atoms with E-state index in [1.807, 2.05) is 102 Å². The lowest BCUT2D eigenvalue weighted by molar-refractivity contribution is 0.501. The molecule has 6 aliphatic carbocycles. The van der Waals surface area contributed by atoms with Crippen LogP contribution in [0.1, 0.15) is 187 Å². The fraction of sp³-hybridized carbons (Fsp3) is 0.326. The molecule has 11 aromatic rings. The monoisotopic (exact) mass is 1250 g/mol. The topological polar surface area (TPSA) is 67.3 Å². The molecule has 0 amide bonds. The molecule has 4 heterocycles. The molecule has 0 bridgehead atoms. The Balaban J connectivity index is 0.000000167. The molecule has 0 aliphatic heterocycles. The SMILES string of the molecule is CC.CC.CC.CC1CCCc2ccccc21.CC1CCc2ccccc21.CC1CCc2ccccc2C1.CC1Cc2ccccc2C1.CC1c2ccccc2C2C=CC=CC12.Cc1c[nH]c2ccccc12.c1ccc2ncccc2c1.c1ccncc1.c1cncnc1. The summed E-state index contributed by atoms with van der Waals surface area (Å²) in [7, 11) is 0. The van der Waals surface area contributed by atoms with E-state index in [0.717, 1.165) is 29.2 Å². The highest BCUT2D eigenvalue weighted by Gasteiger charge is 2.35. The standard InChI is InChI=1S/C14H14.2C11H14.2C10H12.C9H9N.C9H7N.C5H5N.C4H4N2.3C2H6/c1-10-11-6-2-4-8-13(11)14-9-5-3-7-12(10)14;1-9-5-4-7-10-6-2-3-8-11(9)10;1-9-6-7-10-4-2-3-5-11(10)8-9;1-8-6-9-4-2-3-5-10(9)7-8;1-8-6-7-9-4-2-3-5-10(8)9;1-7-6-10-9-5-3-2-4-8(7)9;1-2-6-9-8(4-1)5-3-7-10-9;1-2-4-6-5-3-1;1-2-5-4-6-3-1;3*1-2/h2-11,13H,1H3;2-3,6,8-9H,4-5,7H2,1H3;2-5,9H,6-8H2,1H3;2*2-5,8H,6-7H2,1H3;2-6,10H,1H3;1-7H;1-5H;1-4H;3*1-2H3. The van der Waals surface area contributed by atoms with Crippen LogP contribution in [0.3, 0.4) is 0 Å². The van der Waals surface area contributed by atoms with Gasteiger partial charge >= 0.3 is 0 Å². The molecule has 5 heteroatoms. The first-order valence-electron chi connectivity index (χ1n) is 35.3. The number of aryl methyl sites for hydroxylation is 4. The predicted molar refractivity (Wildman–Crippen MR) is 406 cm³/mol. The Bertz CT molecular complexity index is 3690. The molecular weight excluding hydrogens is 1140 g/mol. The Morgan fingerprint density at radius 1 is 0.383 bits per heavy atom. The highest BCUT2D eigenvalue weighted by atomic mass is 14.8. The van der Waals surface area contributed by atoms with Crippen molar-refractivity contribution in [3.63, 3.8) is 0 Å². The lowest BCUT2D eigenvalue weighted by Crippen LogP contribution is -2.10. The molecule has 6 aliphatic rings. The van der Waals surface area contributed by atoms with Crippen LogP contribution in [0.25, 0.3) is 21.8 Å². The molecule has 0 spiro atoms. The molecule has 6 unspecified atom stereocenters. The van der Waals surface area contributed by atoms with Crippen LogP contribution in [0.5, 0.6) is 0 Å². The van der Waals surface area contributed by atoms with Gasteiger partial charge in [-0.2, -0.15) is 0 Å². The maximum absolute atomic E-state index is 4.18. The van der Waals surface area contributed by atoms with Gasteiger partial charge in [0.05, 0.1) is 5.52 Å². The van der Waals surface area contributed by atoms with E-state index in [4.69, 9.17) is 0 Å². The van der Waals surface area contributed by atoms with Gasteiger partial charge in [0.2, 0.25) is 0 Å². The lowest BCUT2D eigenvalue weighted by Gasteiger charge is -2.21. The molecule has 490 valence electrons. The molecule has 7 aromatic carbocycles. The normalized spacial score (nSPS) is 17.9. The van der Waals surface area contributed by atoms with E-state index in [1.54, 1.807) is 80.9 Å². The second-order valence-corrected chi connectivity index (χ2v) is 24.5. The van der Waals surface area contributed by atoms with Crippen molar-refractivity contribution in [1.29, 1.82) is 0 Å². The molecular formula is C89H109N5. The van der Waals surface area contributed by atoms with Gasteiger partial charge in [0, 0.05) is 59.4 Å². The summed E-state index contributed by atoms with van der Waals surface area (Å²) in [6.45, 7) is 25.8. The quantitative estimate of drug-likeness (QED) is 0.164. The molecule has 4 aromatic heterocycles. The maximum atomic E-state index is 4.18. The van der Waals surface area contributed by atoms with E-state index in [0.29, 0.717) is 17.8 Å². The first-order chi connectivity index (χ1) is 46.2. The van der Waals surface area contributed by atoms with Crippen molar-refractivity contribution in [3.8, 4) is 0 Å². The first-order valence-corrected chi connectivity index (χ1v) is 35.3. The minimum absolute atomic E-state index is 0.631. The van der Waals surface area contributed by atoms with Gasteiger partial charge in [-0.3, -0.25) is 9.97 Å². The lowest BCUT2D eigenvalue weighted by atomic mass is 9.84. The Morgan fingerprint density at radius 2 is 0.872 bits per heavy atom. The van der Waals surface area contributed by atoms with Crippen molar-refractivity contribution in [2.45, 2.75) is 171 Å². The molecule has 0 fully saturated rings. The third kappa shape index (κ3) is 23.3. The van der Waals surface area contributed by atoms with E-state index in [2.05, 4.69) is 242 Å². The number of hydrogen-bond acceptors (Lipinski definition) is 4. The number of pyridine rings is 2. The van der Waals surface area contributed by atoms with Crippen molar-refractivity contribution >= 4 is 21.8 Å². The summed E-state index contributed by atoms with van der Waals surface area (Å²) in [5.41, 5.74) is 19.2. The maximum Gasteiger partial charge on any atom is 0.115 e. The van der Waals surface area contributed by atoms with E-state index in [-0.39, 0.29) is 0 Å². The summed E-state index contributed by atoms with van der Waals surface area (Å²) < 4.78 is 0. The van der Waals surface area contributed by atoms with E-state index < -0.39 is 0 Å². The van der Waals surface area contributed by atoms with E-state index in [9.17, 15) is 0 Å². The van der Waals surface area contributed by atoms with Crippen molar-refractivity contribution < 1.29 is 0 Å². The third-order valence-electron chi connectivity index (χ3n) is 17.9. The molecule has 6 atom stereocenters. The zero-order chi connectivity index (χ0) is 67.1. The average molecular weight is 1250 g/mol. The summed E-state index contributed by atoms with van der Waals surface area (Å²) in [5.74, 6) is 5.36. The molecule has 0 saturated heterocycles. The minimum Gasteiger partial charge on any atom is -0.361 e. The van der Waals surface area contributed by atoms with Crippen LogP contribution in [0, 0.1) is 24.7 Å². The summed E-state index contributed by atoms with van der Waals surface area (Å²) >= 11 is 0. The number of rotatable bonds is 0. The smallest absolute Gasteiger partial charge is 0.115 e. The van der Waals surface area contributed by atoms with Crippen molar-refractivity contribution in [1.82, 2.24) is 24.9 Å². The second kappa shape index (κ2) is 42.4. The summed E-state index contributed by atoms with van der Waals surface area (Å²) in [5, 5.41) is 2.52. The van der Waals surface area contributed by atoms with Gasteiger partial charge in [0.25, 0.3) is 0 Å². The van der Waals surface area contributed by atoms with Gasteiger partial charge in [-0.15, -0.1) is 0 Å². The van der Waals surface area contributed by atoms with Crippen LogP contribution >= 0.6 is 0 Å². The molecule has 94 heavy (non-hydrogen) atoms. The number of benzene rings is 7. The third-order valence-corrected chi connectivity index (χ3v) is 17.9. The number of para-hydroxylation sites is 2. The number of H-pyrrole nitrogens is 1. The number of fused-ring (bicyclic) bond motifs is 9. The number of nitrogens with one attached hydrogen (secondary N) is 1. The molecule has 1 N–H and O–H groups in total. The number of aromatic amines is 1. The molecule has 0 radical (unpaired) electrons. The van der Waals surface area contributed by atoms with Gasteiger partial charge in [-0.1, -0.05) is 270 Å². The van der Waals surface area contributed by atoms with Crippen molar-refractivity contribution in [2.24, 2.45) is 17.8 Å². The van der Waals surface area contributed by atoms with Crippen LogP contribution < -0.4 is 0 Å². The fourth-order valence-corrected chi connectivity index (χ4v) is 13.1. The van der Waals surface area contributed by atoms with Crippen molar-refractivity contribution in [3.05, 3.63) is 335 Å². The van der Waals surface area contributed by atoms with Gasteiger partial charge < -0.3 is 4.98 Å². The Labute approximate surface area is 567 Å². The van der Waals surface area contributed by atoms with Crippen molar-refractivity contribution in [2.75, 3.05) is 0 Å². The zero-order valence-electron chi connectivity index (χ0n) is 58.9. The fourth-order valence-electron chi connectivity index (χ4n) is 13.1. The highest BCUT2D eigenvalue weighted by molar-refractivity contribution is 5.82.